The average molecular weight is 205 g/mol. The molecule has 16 heavy (non-hydrogen) atoms. The fourth-order valence-electron chi connectivity index (χ4n) is 1.27. The van der Waals surface area contributed by atoms with Crippen molar-refractivity contribution in [3.63, 3.8) is 0 Å². The Labute approximate surface area is 95.5 Å². The highest BCUT2D eigenvalue weighted by Gasteiger charge is 1.96. The molecule has 0 fully saturated rings. The van der Waals surface area contributed by atoms with Gasteiger partial charge in [-0.15, -0.1) is 0 Å². The summed E-state index contributed by atoms with van der Waals surface area (Å²) in [6.45, 7) is 0. The molecule has 0 saturated heterocycles. The van der Waals surface area contributed by atoms with Gasteiger partial charge in [0.25, 0.3) is 0 Å². The summed E-state index contributed by atoms with van der Waals surface area (Å²) in [5.41, 5.74) is 1.32. The van der Waals surface area contributed by atoms with Gasteiger partial charge in [-0.1, -0.05) is 17.6 Å². The van der Waals surface area contributed by atoms with Gasteiger partial charge in [-0.05, 0) is 36.4 Å². The smallest absolute Gasteiger partial charge is 0.127 e. The van der Waals surface area contributed by atoms with E-state index in [0.29, 0.717) is 16.8 Å². The fraction of sp³-hybridized carbons (Fsp3) is 0. The predicted octanol–water partition coefficient (Wildman–Crippen LogP) is 2.14. The number of nitrogens with zero attached hydrogens (tertiary/aromatic N) is 1. The summed E-state index contributed by atoms with van der Waals surface area (Å²) < 4.78 is 5.57. The van der Waals surface area contributed by atoms with Crippen LogP contribution in [0.5, 0.6) is 11.5 Å². The fourth-order valence-corrected chi connectivity index (χ4v) is 1.27. The van der Waals surface area contributed by atoms with E-state index in [9.17, 15) is 0 Å². The van der Waals surface area contributed by atoms with Gasteiger partial charge in [-0.25, -0.2) is 0 Å². The van der Waals surface area contributed by atoms with Crippen molar-refractivity contribution >= 4 is 13.3 Å². The number of nitriles is 1. The van der Waals surface area contributed by atoms with Crippen LogP contribution in [-0.2, 0) is 0 Å². The maximum atomic E-state index is 8.64. The molecule has 2 radical (unpaired) electrons. The lowest BCUT2D eigenvalue weighted by Crippen LogP contribution is -1.99. The molecule has 0 aliphatic heterocycles. The van der Waals surface area contributed by atoms with Crippen LogP contribution in [0.3, 0.4) is 0 Å². The monoisotopic (exact) mass is 205 g/mol. The summed E-state index contributed by atoms with van der Waals surface area (Å²) in [4.78, 5) is 0. The van der Waals surface area contributed by atoms with E-state index in [1.165, 1.54) is 0 Å². The van der Waals surface area contributed by atoms with Crippen LogP contribution in [0.15, 0.2) is 48.5 Å². The van der Waals surface area contributed by atoms with Crippen molar-refractivity contribution in [2.75, 3.05) is 0 Å². The van der Waals surface area contributed by atoms with E-state index in [1.54, 1.807) is 48.5 Å². The van der Waals surface area contributed by atoms with Gasteiger partial charge in [0.15, 0.2) is 0 Å². The molecular weight excluding hydrogens is 197 g/mol. The molecule has 0 aliphatic rings. The topological polar surface area (TPSA) is 33.0 Å². The molecule has 2 nitrogen and oxygen atoms in total. The summed E-state index contributed by atoms with van der Waals surface area (Å²) in [5.74, 6) is 1.42. The highest BCUT2D eigenvalue weighted by atomic mass is 16.5. The van der Waals surface area contributed by atoms with Crippen molar-refractivity contribution in [2.45, 2.75) is 0 Å². The molecule has 0 saturated carbocycles. The molecule has 0 aromatic heterocycles. The summed E-state index contributed by atoms with van der Waals surface area (Å²) in [5, 5.41) is 8.64. The Hall–Kier alpha value is -2.21. The Morgan fingerprint density at radius 3 is 1.88 bits per heavy atom. The van der Waals surface area contributed by atoms with Crippen LogP contribution in [0.1, 0.15) is 5.56 Å². The van der Waals surface area contributed by atoms with Crippen molar-refractivity contribution in [3.05, 3.63) is 54.1 Å². The molecule has 0 unspecified atom stereocenters. The molecule has 2 rings (SSSR count). The van der Waals surface area contributed by atoms with E-state index in [4.69, 9.17) is 17.8 Å². The SMILES string of the molecule is [B]c1ccc(Oc2ccc(C#N)cc2)cc1. The van der Waals surface area contributed by atoms with Gasteiger partial charge in [-0.2, -0.15) is 5.26 Å². The van der Waals surface area contributed by atoms with Crippen molar-refractivity contribution in [3.8, 4) is 17.6 Å². The number of hydrogen-bond acceptors (Lipinski definition) is 2. The molecule has 0 atom stereocenters. The molecule has 2 aromatic rings. The lowest BCUT2D eigenvalue weighted by molar-refractivity contribution is 0.483. The maximum Gasteiger partial charge on any atom is 0.127 e. The van der Waals surface area contributed by atoms with Crippen LogP contribution < -0.4 is 10.2 Å². The molecule has 0 N–H and O–H groups in total. The van der Waals surface area contributed by atoms with E-state index in [2.05, 4.69) is 6.07 Å². The molecule has 0 heterocycles. The van der Waals surface area contributed by atoms with E-state index < -0.39 is 0 Å². The Balaban J connectivity index is 2.15. The molecule has 0 spiro atoms. The van der Waals surface area contributed by atoms with Crippen LogP contribution in [0.2, 0.25) is 0 Å². The lowest BCUT2D eigenvalue weighted by atomic mass is 9.97. The minimum atomic E-state index is 0.615. The van der Waals surface area contributed by atoms with Crippen molar-refractivity contribution in [1.82, 2.24) is 0 Å². The van der Waals surface area contributed by atoms with Crippen molar-refractivity contribution < 1.29 is 4.74 Å². The average Bonchev–Trinajstić information content (AvgIpc) is 2.33. The first-order valence-corrected chi connectivity index (χ1v) is 4.81. The first-order chi connectivity index (χ1) is 7.78. The Morgan fingerprint density at radius 1 is 0.875 bits per heavy atom. The van der Waals surface area contributed by atoms with Gasteiger partial charge < -0.3 is 4.74 Å². The highest BCUT2D eigenvalue weighted by molar-refractivity contribution is 6.32. The zero-order valence-corrected chi connectivity index (χ0v) is 8.55. The third-order valence-electron chi connectivity index (χ3n) is 2.10. The lowest BCUT2D eigenvalue weighted by Gasteiger charge is -2.05. The Morgan fingerprint density at radius 2 is 1.38 bits per heavy atom. The van der Waals surface area contributed by atoms with Crippen LogP contribution in [0.25, 0.3) is 0 Å². The largest absolute Gasteiger partial charge is 0.457 e. The summed E-state index contributed by atoms with van der Waals surface area (Å²) in [7, 11) is 5.57. The zero-order chi connectivity index (χ0) is 11.4. The molecule has 74 valence electrons. The molecule has 0 amide bonds. The highest BCUT2D eigenvalue weighted by Crippen LogP contribution is 2.20. The first kappa shape index (κ1) is 10.3. The van der Waals surface area contributed by atoms with Crippen molar-refractivity contribution in [1.29, 1.82) is 5.26 Å². The summed E-state index contributed by atoms with van der Waals surface area (Å²) in [6, 6.07) is 16.2. The molecular formula is C13H8BNO. The zero-order valence-electron chi connectivity index (χ0n) is 8.55. The third kappa shape index (κ3) is 2.43. The van der Waals surface area contributed by atoms with Crippen LogP contribution in [0.4, 0.5) is 0 Å². The van der Waals surface area contributed by atoms with Gasteiger partial charge in [-0.3, -0.25) is 0 Å². The third-order valence-corrected chi connectivity index (χ3v) is 2.10. The number of hydrogen-bond donors (Lipinski definition) is 0. The number of rotatable bonds is 2. The van der Waals surface area contributed by atoms with Gasteiger partial charge >= 0.3 is 0 Å². The minimum Gasteiger partial charge on any atom is -0.457 e. The standard InChI is InChI=1S/C13H8BNO/c14-11-3-7-13(8-4-11)16-12-5-1-10(9-15)2-6-12/h1-8H. The summed E-state index contributed by atoms with van der Waals surface area (Å²) in [6.07, 6.45) is 0. The molecule has 0 aliphatic carbocycles. The van der Waals surface area contributed by atoms with Crippen molar-refractivity contribution in [2.24, 2.45) is 0 Å². The molecule has 3 heteroatoms. The first-order valence-electron chi connectivity index (χ1n) is 4.81. The van der Waals surface area contributed by atoms with E-state index in [1.807, 2.05) is 0 Å². The molecule has 0 bridgehead atoms. The predicted molar refractivity (Wildman–Crippen MR) is 63.1 cm³/mol. The summed E-state index contributed by atoms with van der Waals surface area (Å²) >= 11 is 0. The number of benzene rings is 2. The van der Waals surface area contributed by atoms with Crippen LogP contribution in [0, 0.1) is 11.3 Å². The second kappa shape index (κ2) is 4.54. The quantitative estimate of drug-likeness (QED) is 0.703. The van der Waals surface area contributed by atoms with Gasteiger partial charge in [0.05, 0.1) is 11.6 Å². The Kier molecular flexibility index (Phi) is 2.93. The molecule has 2 aromatic carbocycles. The van der Waals surface area contributed by atoms with Gasteiger partial charge in [0.2, 0.25) is 0 Å². The van der Waals surface area contributed by atoms with Gasteiger partial charge in [0.1, 0.15) is 19.3 Å². The van der Waals surface area contributed by atoms with E-state index >= 15 is 0 Å². The second-order valence-electron chi connectivity index (χ2n) is 3.31. The number of ether oxygens (including phenoxy) is 1. The normalized spacial score (nSPS) is 9.44. The Bertz CT molecular complexity index is 511. The van der Waals surface area contributed by atoms with Crippen LogP contribution >= 0.6 is 0 Å². The van der Waals surface area contributed by atoms with Crippen LogP contribution in [-0.4, -0.2) is 7.85 Å². The maximum absolute atomic E-state index is 8.64. The second-order valence-corrected chi connectivity index (χ2v) is 3.31. The van der Waals surface area contributed by atoms with E-state index in [0.717, 1.165) is 5.75 Å². The van der Waals surface area contributed by atoms with Gasteiger partial charge in [0, 0.05) is 0 Å². The van der Waals surface area contributed by atoms with E-state index in [-0.39, 0.29) is 0 Å². The minimum absolute atomic E-state index is 0.615.